The molecule has 0 aliphatic rings. The first-order valence-electron chi connectivity index (χ1n) is 20.4. The number of aliphatic hydroxyl groups is 3. The molecule has 54 heavy (non-hydrogen) atoms. The SMILES string of the molecule is CC/C=C\C/C=C\CC(O)/C=C/C=C\C/C=C\CCCC(=O)O[C@H](COC(=O)CCCCCCCCCCCCCCC)COP(=O)(O)OC[C@@H](O)CO. The minimum absolute atomic E-state index is 0.0729. The predicted molar refractivity (Wildman–Crippen MR) is 216 cm³/mol. The highest BCUT2D eigenvalue weighted by Gasteiger charge is 2.27. The smallest absolute Gasteiger partial charge is 0.462 e. The number of phosphoric ester groups is 1. The molecule has 0 radical (unpaired) electrons. The predicted octanol–water partition coefficient (Wildman–Crippen LogP) is 9.30. The fraction of sp³-hybridized carbons (Fsp3) is 0.714. The lowest BCUT2D eigenvalue weighted by atomic mass is 10.0. The molecule has 0 bridgehead atoms. The molecule has 4 atom stereocenters. The maximum Gasteiger partial charge on any atom is 0.472 e. The Morgan fingerprint density at radius 3 is 1.87 bits per heavy atom. The zero-order valence-corrected chi connectivity index (χ0v) is 34.2. The first-order valence-corrected chi connectivity index (χ1v) is 21.8. The van der Waals surface area contributed by atoms with E-state index in [1.807, 2.05) is 42.5 Å². The molecule has 0 amide bonds. The second-order valence-corrected chi connectivity index (χ2v) is 14.9. The van der Waals surface area contributed by atoms with Crippen LogP contribution in [0.15, 0.2) is 60.8 Å². The number of hydrogen-bond acceptors (Lipinski definition) is 10. The number of unbranched alkanes of at least 4 members (excludes halogenated alkanes) is 13. The number of phosphoric acid groups is 1. The first kappa shape index (κ1) is 51.6. The van der Waals surface area contributed by atoms with Crippen molar-refractivity contribution in [2.24, 2.45) is 0 Å². The summed E-state index contributed by atoms with van der Waals surface area (Å²) in [5, 5.41) is 28.3. The average molecular weight is 785 g/mol. The number of carbonyl (C=O) groups is 2. The van der Waals surface area contributed by atoms with Gasteiger partial charge in [0, 0.05) is 12.8 Å². The minimum atomic E-state index is -4.65. The molecule has 2 unspecified atom stereocenters. The Kier molecular flexibility index (Phi) is 35.9. The number of allylic oxidation sites excluding steroid dienone is 8. The lowest BCUT2D eigenvalue weighted by Gasteiger charge is -2.20. The van der Waals surface area contributed by atoms with Crippen LogP contribution in [0.1, 0.15) is 149 Å². The Morgan fingerprint density at radius 1 is 0.648 bits per heavy atom. The standard InChI is InChI=1S/C42H73O11P/c1-3-5-7-9-11-12-13-14-15-16-20-24-28-32-41(46)50-36-40(37-52-54(48,49)51-35-39(45)34-43)53-42(47)33-29-25-21-18-17-19-23-27-31-38(44)30-26-22-10-8-6-4-2/h6,8,18-19,21-23,26-27,31,38-40,43-45H,3-5,7,9-17,20,24-25,28-30,32-37H2,1-2H3,(H,48,49)/b8-6-,21-18-,23-19-,26-22-,31-27+/t38?,39-,40+/m0/s1. The Hall–Kier alpha value is -2.37. The van der Waals surface area contributed by atoms with Gasteiger partial charge in [0.05, 0.1) is 25.9 Å². The van der Waals surface area contributed by atoms with Gasteiger partial charge in [-0.05, 0) is 44.9 Å². The second kappa shape index (κ2) is 37.5. The monoisotopic (exact) mass is 784 g/mol. The van der Waals surface area contributed by atoms with E-state index in [4.69, 9.17) is 19.1 Å². The molecule has 0 fully saturated rings. The van der Waals surface area contributed by atoms with E-state index < -0.39 is 57.9 Å². The van der Waals surface area contributed by atoms with Crippen molar-refractivity contribution in [1.29, 1.82) is 0 Å². The van der Waals surface area contributed by atoms with Crippen molar-refractivity contribution in [3.63, 3.8) is 0 Å². The number of carbonyl (C=O) groups excluding carboxylic acids is 2. The Labute approximate surface area is 326 Å². The summed E-state index contributed by atoms with van der Waals surface area (Å²) in [7, 11) is -4.65. The molecule has 0 aromatic rings. The van der Waals surface area contributed by atoms with Crippen LogP contribution in [0.5, 0.6) is 0 Å². The number of ether oxygens (including phenoxy) is 2. The quantitative estimate of drug-likeness (QED) is 0.0156. The van der Waals surface area contributed by atoms with E-state index in [0.717, 1.165) is 32.1 Å². The van der Waals surface area contributed by atoms with Crippen LogP contribution in [0.25, 0.3) is 0 Å². The summed E-state index contributed by atoms with van der Waals surface area (Å²) in [4.78, 5) is 34.9. The van der Waals surface area contributed by atoms with Crippen LogP contribution in [0.4, 0.5) is 0 Å². The van der Waals surface area contributed by atoms with E-state index in [-0.39, 0.29) is 19.4 Å². The summed E-state index contributed by atoms with van der Waals surface area (Å²) in [5.74, 6) is -1.03. The van der Waals surface area contributed by atoms with Crippen molar-refractivity contribution in [3.05, 3.63) is 60.8 Å². The molecule has 0 rings (SSSR count). The highest BCUT2D eigenvalue weighted by molar-refractivity contribution is 7.47. The summed E-state index contributed by atoms with van der Waals surface area (Å²) in [6.45, 7) is 2.09. The molecule has 0 aromatic heterocycles. The molecular weight excluding hydrogens is 711 g/mol. The van der Waals surface area contributed by atoms with E-state index in [0.29, 0.717) is 32.1 Å². The summed E-state index contributed by atoms with van der Waals surface area (Å²) >= 11 is 0. The van der Waals surface area contributed by atoms with Crippen molar-refractivity contribution in [2.75, 3.05) is 26.4 Å². The summed E-state index contributed by atoms with van der Waals surface area (Å²) in [6.07, 6.45) is 36.5. The van der Waals surface area contributed by atoms with Gasteiger partial charge in [0.25, 0.3) is 0 Å². The van der Waals surface area contributed by atoms with E-state index in [2.05, 4.69) is 30.5 Å². The van der Waals surface area contributed by atoms with Crippen LogP contribution in [0.3, 0.4) is 0 Å². The van der Waals surface area contributed by atoms with Crippen LogP contribution < -0.4 is 0 Å². The van der Waals surface area contributed by atoms with Gasteiger partial charge < -0.3 is 29.7 Å². The zero-order valence-electron chi connectivity index (χ0n) is 33.3. The normalized spacial score (nSPS) is 15.1. The summed E-state index contributed by atoms with van der Waals surface area (Å²) in [5.41, 5.74) is 0. The Morgan fingerprint density at radius 2 is 1.22 bits per heavy atom. The summed E-state index contributed by atoms with van der Waals surface area (Å²) in [6, 6.07) is 0. The molecule has 312 valence electrons. The van der Waals surface area contributed by atoms with Gasteiger partial charge >= 0.3 is 19.8 Å². The third kappa shape index (κ3) is 36.6. The topological polar surface area (TPSA) is 169 Å². The molecular formula is C42H73O11P. The molecule has 12 heteroatoms. The van der Waals surface area contributed by atoms with Gasteiger partial charge in [-0.15, -0.1) is 0 Å². The highest BCUT2D eigenvalue weighted by Crippen LogP contribution is 2.43. The van der Waals surface area contributed by atoms with Crippen LogP contribution >= 0.6 is 7.82 Å². The van der Waals surface area contributed by atoms with E-state index in [1.165, 1.54) is 57.8 Å². The number of aliphatic hydroxyl groups excluding tert-OH is 3. The maximum absolute atomic E-state index is 12.6. The van der Waals surface area contributed by atoms with Crippen molar-refractivity contribution in [2.45, 2.75) is 167 Å². The molecule has 4 N–H and O–H groups in total. The molecule has 0 spiro atoms. The van der Waals surface area contributed by atoms with Crippen molar-refractivity contribution >= 4 is 19.8 Å². The van der Waals surface area contributed by atoms with Crippen molar-refractivity contribution in [1.82, 2.24) is 0 Å². The van der Waals surface area contributed by atoms with E-state index in [9.17, 15) is 29.3 Å². The van der Waals surface area contributed by atoms with Gasteiger partial charge in [-0.2, -0.15) is 0 Å². The molecule has 11 nitrogen and oxygen atoms in total. The van der Waals surface area contributed by atoms with Gasteiger partial charge in [-0.3, -0.25) is 18.6 Å². The fourth-order valence-corrected chi connectivity index (χ4v) is 5.90. The fourth-order valence-electron chi connectivity index (χ4n) is 5.11. The Bertz CT molecular complexity index is 1100. The van der Waals surface area contributed by atoms with Gasteiger partial charge in [0.1, 0.15) is 12.7 Å². The van der Waals surface area contributed by atoms with Gasteiger partial charge in [-0.25, -0.2) is 4.57 Å². The van der Waals surface area contributed by atoms with Crippen molar-refractivity contribution in [3.8, 4) is 0 Å². The maximum atomic E-state index is 12.6. The number of rotatable bonds is 37. The van der Waals surface area contributed by atoms with E-state index in [1.54, 1.807) is 6.08 Å². The lowest BCUT2D eigenvalue weighted by molar-refractivity contribution is -0.161. The second-order valence-electron chi connectivity index (χ2n) is 13.5. The van der Waals surface area contributed by atoms with E-state index >= 15 is 0 Å². The molecule has 0 aliphatic carbocycles. The largest absolute Gasteiger partial charge is 0.472 e. The van der Waals surface area contributed by atoms with Gasteiger partial charge in [0.15, 0.2) is 6.10 Å². The Balaban J connectivity index is 4.51. The summed E-state index contributed by atoms with van der Waals surface area (Å²) < 4.78 is 32.5. The molecule has 0 aromatic carbocycles. The number of esters is 2. The van der Waals surface area contributed by atoms with Crippen LogP contribution in [-0.2, 0) is 32.7 Å². The van der Waals surface area contributed by atoms with Crippen molar-refractivity contribution < 1.29 is 52.9 Å². The van der Waals surface area contributed by atoms with Gasteiger partial charge in [0.2, 0.25) is 0 Å². The number of hydrogen-bond donors (Lipinski definition) is 4. The highest BCUT2D eigenvalue weighted by atomic mass is 31.2. The molecule has 0 saturated carbocycles. The molecule has 0 heterocycles. The minimum Gasteiger partial charge on any atom is -0.462 e. The third-order valence-corrected chi connectivity index (χ3v) is 9.22. The lowest BCUT2D eigenvalue weighted by Crippen LogP contribution is -2.29. The first-order chi connectivity index (χ1) is 26.1. The van der Waals surface area contributed by atoms with Crippen LogP contribution in [0.2, 0.25) is 0 Å². The van der Waals surface area contributed by atoms with Crippen LogP contribution in [0, 0.1) is 0 Å². The third-order valence-electron chi connectivity index (χ3n) is 8.27. The van der Waals surface area contributed by atoms with Gasteiger partial charge in [-0.1, -0.05) is 152 Å². The zero-order chi connectivity index (χ0) is 40.0. The average Bonchev–Trinajstić information content (AvgIpc) is 3.15. The molecule has 0 aliphatic heterocycles. The van der Waals surface area contributed by atoms with Crippen LogP contribution in [-0.4, -0.2) is 76.9 Å². The molecule has 0 saturated heterocycles.